The predicted octanol–water partition coefficient (Wildman–Crippen LogP) is 0.140. The summed E-state index contributed by atoms with van der Waals surface area (Å²) < 4.78 is 44.3. The van der Waals surface area contributed by atoms with E-state index in [1.165, 1.54) is 19.9 Å². The number of aromatic hydroxyl groups is 3. The van der Waals surface area contributed by atoms with Crippen LogP contribution in [0.3, 0.4) is 0 Å². The number of hydrogen-bond acceptors (Lipinski definition) is 18. The van der Waals surface area contributed by atoms with Gasteiger partial charge in [-0.15, -0.1) is 0 Å². The molecule has 0 amide bonds. The highest BCUT2D eigenvalue weighted by Gasteiger charge is 2.48. The number of benzene rings is 2. The van der Waals surface area contributed by atoms with Crippen molar-refractivity contribution < 1.29 is 82.9 Å². The number of hydrogen-bond donors (Lipinski definition) is 7. The molecule has 5 rings (SSSR count). The van der Waals surface area contributed by atoms with Crippen molar-refractivity contribution in [2.75, 3.05) is 7.11 Å². The van der Waals surface area contributed by atoms with Gasteiger partial charge in [-0.05, 0) is 32.0 Å². The Morgan fingerprint density at radius 1 is 0.740 bits per heavy atom. The largest absolute Gasteiger partial charge is 0.504 e. The SMILES string of the molecule is COc1c(OC2OC(C)C(O)C(OC(C)=O)C2O)cc2oc(-c3ccc(O)c(O)c3)c(OC3OC(C)C(OC(C)=O)C(O)C3O)c(=O)c2c1O. The number of methoxy groups -OCH3 is 1. The summed E-state index contributed by atoms with van der Waals surface area (Å²) >= 11 is 0. The van der Waals surface area contributed by atoms with Crippen molar-refractivity contribution in [1.29, 1.82) is 0 Å². The van der Waals surface area contributed by atoms with E-state index in [4.69, 9.17) is 37.6 Å². The summed E-state index contributed by atoms with van der Waals surface area (Å²) in [4.78, 5) is 37.3. The van der Waals surface area contributed by atoms with Crippen molar-refractivity contribution in [2.45, 2.75) is 89.1 Å². The highest BCUT2D eigenvalue weighted by Crippen LogP contribution is 2.46. The molecule has 18 nitrogen and oxygen atoms in total. The van der Waals surface area contributed by atoms with E-state index in [2.05, 4.69) is 0 Å². The molecule has 3 aromatic rings. The van der Waals surface area contributed by atoms with Gasteiger partial charge in [0.2, 0.25) is 29.5 Å². The Kier molecular flexibility index (Phi) is 10.3. The molecule has 50 heavy (non-hydrogen) atoms. The lowest BCUT2D eigenvalue weighted by Crippen LogP contribution is -2.59. The lowest BCUT2D eigenvalue weighted by Gasteiger charge is -2.40. The van der Waals surface area contributed by atoms with Gasteiger partial charge in [0.05, 0.1) is 19.3 Å². The van der Waals surface area contributed by atoms with Crippen LogP contribution in [-0.4, -0.2) is 116 Å². The van der Waals surface area contributed by atoms with E-state index >= 15 is 0 Å². The molecule has 2 fully saturated rings. The Morgan fingerprint density at radius 3 is 1.98 bits per heavy atom. The average molecular weight is 709 g/mol. The summed E-state index contributed by atoms with van der Waals surface area (Å²) in [5.74, 6) is -5.45. The second-order valence-electron chi connectivity index (χ2n) is 11.7. The highest BCUT2D eigenvalue weighted by molar-refractivity contribution is 5.91. The van der Waals surface area contributed by atoms with Gasteiger partial charge in [-0.2, -0.15) is 0 Å². The highest BCUT2D eigenvalue weighted by atomic mass is 16.7. The molecule has 7 N–H and O–H groups in total. The molecule has 18 heteroatoms. The number of phenols is 3. The molecule has 10 atom stereocenters. The zero-order valence-electron chi connectivity index (χ0n) is 27.2. The van der Waals surface area contributed by atoms with Gasteiger partial charge in [-0.25, -0.2) is 0 Å². The van der Waals surface area contributed by atoms with E-state index in [1.54, 1.807) is 0 Å². The van der Waals surface area contributed by atoms with Crippen molar-refractivity contribution in [3.63, 3.8) is 0 Å². The van der Waals surface area contributed by atoms with Gasteiger partial charge in [-0.1, -0.05) is 0 Å². The maximum absolute atomic E-state index is 14.1. The number of carbonyl (C=O) groups is 2. The average Bonchev–Trinajstić information content (AvgIpc) is 3.04. The van der Waals surface area contributed by atoms with Gasteiger partial charge in [0.25, 0.3) is 0 Å². The van der Waals surface area contributed by atoms with Crippen molar-refractivity contribution >= 4 is 22.9 Å². The van der Waals surface area contributed by atoms with Crippen LogP contribution in [0.15, 0.2) is 33.5 Å². The van der Waals surface area contributed by atoms with Crippen molar-refractivity contribution in [3.05, 3.63) is 34.5 Å². The monoisotopic (exact) mass is 708 g/mol. The number of ether oxygens (including phenoxy) is 7. The normalized spacial score (nSPS) is 29.6. The third-order valence-corrected chi connectivity index (χ3v) is 8.12. The van der Waals surface area contributed by atoms with Gasteiger partial charge in [0, 0.05) is 25.5 Å². The smallest absolute Gasteiger partial charge is 0.303 e. The van der Waals surface area contributed by atoms with E-state index < -0.39 is 119 Å². The summed E-state index contributed by atoms with van der Waals surface area (Å²) in [6, 6.07) is 4.44. The van der Waals surface area contributed by atoms with Crippen LogP contribution < -0.4 is 19.6 Å². The van der Waals surface area contributed by atoms with E-state index in [0.29, 0.717) is 0 Å². The molecule has 272 valence electrons. The molecule has 2 aliphatic rings. The number of phenolic OH excluding ortho intramolecular Hbond substituents is 3. The molecule has 2 saturated heterocycles. The number of aliphatic hydroxyl groups excluding tert-OH is 4. The minimum absolute atomic E-state index is 0.0539. The Labute approximate surface area is 282 Å². The van der Waals surface area contributed by atoms with Crippen molar-refractivity contribution in [1.82, 2.24) is 0 Å². The molecule has 10 unspecified atom stereocenters. The first-order chi connectivity index (χ1) is 23.5. The van der Waals surface area contributed by atoms with E-state index in [9.17, 15) is 50.1 Å². The minimum Gasteiger partial charge on any atom is -0.504 e. The maximum Gasteiger partial charge on any atom is 0.303 e. The van der Waals surface area contributed by atoms with Gasteiger partial charge in [-0.3, -0.25) is 14.4 Å². The van der Waals surface area contributed by atoms with Gasteiger partial charge < -0.3 is 73.3 Å². The molecule has 3 heterocycles. The fourth-order valence-corrected chi connectivity index (χ4v) is 5.65. The van der Waals surface area contributed by atoms with Crippen LogP contribution in [0.4, 0.5) is 0 Å². The number of esters is 2. The van der Waals surface area contributed by atoms with Crippen LogP contribution in [-0.2, 0) is 28.5 Å². The summed E-state index contributed by atoms with van der Waals surface area (Å²) in [5, 5.41) is 73.8. The number of rotatable bonds is 8. The molecular weight excluding hydrogens is 672 g/mol. The molecule has 1 aromatic heterocycles. The quantitative estimate of drug-likeness (QED) is 0.121. The topological polar surface area (TPSA) is 271 Å². The van der Waals surface area contributed by atoms with Crippen molar-refractivity contribution in [2.24, 2.45) is 0 Å². The van der Waals surface area contributed by atoms with Gasteiger partial charge in [0.15, 0.2) is 47.1 Å². The molecule has 0 aliphatic carbocycles. The first-order valence-corrected chi connectivity index (χ1v) is 15.2. The second-order valence-corrected chi connectivity index (χ2v) is 11.7. The molecule has 2 aliphatic heterocycles. The minimum atomic E-state index is -1.88. The Balaban J connectivity index is 1.63. The number of aliphatic hydroxyl groups is 4. The van der Waals surface area contributed by atoms with Crippen LogP contribution in [0.2, 0.25) is 0 Å². The lowest BCUT2D eigenvalue weighted by atomic mass is 9.99. The second kappa shape index (κ2) is 14.2. The molecule has 0 spiro atoms. The van der Waals surface area contributed by atoms with Gasteiger partial charge in [0.1, 0.15) is 29.3 Å². The Bertz CT molecular complexity index is 1820. The van der Waals surface area contributed by atoms with Crippen LogP contribution in [0, 0.1) is 0 Å². The number of fused-ring (bicyclic) bond motifs is 1. The van der Waals surface area contributed by atoms with E-state index in [0.717, 1.165) is 39.2 Å². The molecule has 2 aromatic carbocycles. The summed E-state index contributed by atoms with van der Waals surface area (Å²) in [6.07, 6.45) is -15.0. The maximum atomic E-state index is 14.1. The van der Waals surface area contributed by atoms with Gasteiger partial charge >= 0.3 is 11.9 Å². The van der Waals surface area contributed by atoms with E-state index in [-0.39, 0.29) is 16.9 Å². The first kappa shape index (κ1) is 36.4. The Hall–Kier alpha value is -4.85. The third kappa shape index (κ3) is 6.80. The van der Waals surface area contributed by atoms with Crippen LogP contribution in [0.25, 0.3) is 22.3 Å². The van der Waals surface area contributed by atoms with E-state index in [1.807, 2.05) is 0 Å². The lowest BCUT2D eigenvalue weighted by molar-refractivity contribution is -0.272. The van der Waals surface area contributed by atoms with Crippen molar-refractivity contribution in [3.8, 4) is 45.8 Å². The zero-order valence-corrected chi connectivity index (χ0v) is 27.2. The van der Waals surface area contributed by atoms with Crippen LogP contribution >= 0.6 is 0 Å². The third-order valence-electron chi connectivity index (χ3n) is 8.12. The summed E-state index contributed by atoms with van der Waals surface area (Å²) in [7, 11) is 1.13. The Morgan fingerprint density at radius 2 is 1.36 bits per heavy atom. The molecule has 0 radical (unpaired) electrons. The molecule has 0 saturated carbocycles. The fraction of sp³-hybridized carbons (Fsp3) is 0.469. The summed E-state index contributed by atoms with van der Waals surface area (Å²) in [6.45, 7) is 5.03. The van der Waals surface area contributed by atoms with Crippen LogP contribution in [0.1, 0.15) is 27.7 Å². The standard InChI is InChI=1S/C32H36O18/c1-10-20(37)29(47-13(4)34)25(42)32(44-10)49-18-9-17-19(21(38)28(18)43-5)22(39)30(27(48-17)14-6-7-15(35)16(36)8-14)50-31-24(41)23(40)26(11(2)45-31)46-12(3)33/h6-11,20,23-26,29,31-32,35-38,40-42H,1-5H3. The first-order valence-electron chi connectivity index (χ1n) is 15.2. The number of carbonyl (C=O) groups excluding carboxylic acids is 2. The molecular formula is C32H36O18. The zero-order chi connectivity index (χ0) is 36.8. The predicted molar refractivity (Wildman–Crippen MR) is 165 cm³/mol. The molecule has 0 bridgehead atoms. The summed E-state index contributed by atoms with van der Waals surface area (Å²) in [5.41, 5.74) is -1.50. The van der Waals surface area contributed by atoms with Crippen LogP contribution in [0.5, 0.6) is 34.5 Å². The fourth-order valence-electron chi connectivity index (χ4n) is 5.65.